The molecule has 0 atom stereocenters. The van der Waals surface area contributed by atoms with Crippen molar-refractivity contribution in [2.24, 2.45) is 0 Å². The van der Waals surface area contributed by atoms with Crippen LogP contribution in [-0.2, 0) is 0 Å². The molecule has 0 amide bonds. The highest BCUT2D eigenvalue weighted by atomic mass is 79.9. The first kappa shape index (κ1) is 15.7. The zero-order valence-electron chi connectivity index (χ0n) is 12.8. The summed E-state index contributed by atoms with van der Waals surface area (Å²) >= 11 is 3.15. The topological polar surface area (TPSA) is 50.2 Å². The minimum atomic E-state index is -1.02. The maximum atomic E-state index is 13.5. The van der Waals surface area contributed by atoms with Gasteiger partial charge in [0.1, 0.15) is 5.82 Å². The summed E-state index contributed by atoms with van der Waals surface area (Å²) < 4.78 is 13.8. The van der Waals surface area contributed by atoms with Crippen LogP contribution in [0.1, 0.15) is 10.4 Å². The van der Waals surface area contributed by atoms with Gasteiger partial charge in [-0.25, -0.2) is 14.2 Å². The third-order valence-electron chi connectivity index (χ3n) is 4.14. The Balaban J connectivity index is 2.07. The monoisotopic (exact) mass is 395 g/mol. The summed E-state index contributed by atoms with van der Waals surface area (Å²) in [5, 5.41) is 12.1. The van der Waals surface area contributed by atoms with Crippen molar-refractivity contribution in [3.8, 4) is 11.3 Å². The van der Waals surface area contributed by atoms with Crippen LogP contribution in [-0.4, -0.2) is 16.1 Å². The fraction of sp³-hybridized carbons (Fsp3) is 0. The van der Waals surface area contributed by atoms with Crippen molar-refractivity contribution in [3.63, 3.8) is 0 Å². The van der Waals surface area contributed by atoms with Gasteiger partial charge in [0, 0.05) is 10.9 Å². The Labute approximate surface area is 150 Å². The van der Waals surface area contributed by atoms with Crippen molar-refractivity contribution in [1.82, 2.24) is 4.98 Å². The molecule has 0 aliphatic heterocycles. The molecule has 0 saturated heterocycles. The van der Waals surface area contributed by atoms with Crippen LogP contribution in [0.3, 0.4) is 0 Å². The standard InChI is InChI=1S/C20H11BrFNO2/c21-15-9-12(5-7-16(15)22)18-10-14(20(24)25)19-13-4-2-1-3-11(13)6-8-17(19)23-18/h1-10H,(H,24,25). The van der Waals surface area contributed by atoms with Crippen LogP contribution in [0, 0.1) is 5.82 Å². The van der Waals surface area contributed by atoms with Gasteiger partial charge < -0.3 is 5.11 Å². The summed E-state index contributed by atoms with van der Waals surface area (Å²) in [5.74, 6) is -1.40. The van der Waals surface area contributed by atoms with Gasteiger partial charge in [-0.05, 0) is 57.0 Å². The molecule has 122 valence electrons. The number of aromatic carboxylic acids is 1. The molecule has 0 radical (unpaired) electrons. The van der Waals surface area contributed by atoms with Crippen molar-refractivity contribution < 1.29 is 14.3 Å². The molecule has 3 aromatic carbocycles. The molecule has 0 saturated carbocycles. The van der Waals surface area contributed by atoms with E-state index in [2.05, 4.69) is 20.9 Å². The summed E-state index contributed by atoms with van der Waals surface area (Å²) in [6.07, 6.45) is 0. The normalized spacial score (nSPS) is 11.1. The lowest BCUT2D eigenvalue weighted by atomic mass is 9.99. The number of halogens is 2. The van der Waals surface area contributed by atoms with Crippen LogP contribution < -0.4 is 0 Å². The Morgan fingerprint density at radius 2 is 1.84 bits per heavy atom. The summed E-state index contributed by atoms with van der Waals surface area (Å²) in [6.45, 7) is 0. The van der Waals surface area contributed by atoms with E-state index in [0.717, 1.165) is 10.8 Å². The van der Waals surface area contributed by atoms with Gasteiger partial charge in [-0.15, -0.1) is 0 Å². The molecular formula is C20H11BrFNO2. The molecule has 1 N–H and O–H groups in total. The van der Waals surface area contributed by atoms with E-state index in [0.29, 0.717) is 26.6 Å². The van der Waals surface area contributed by atoms with E-state index in [1.54, 1.807) is 12.1 Å². The summed E-state index contributed by atoms with van der Waals surface area (Å²) in [7, 11) is 0. The van der Waals surface area contributed by atoms with Crippen molar-refractivity contribution in [2.75, 3.05) is 0 Å². The highest BCUT2D eigenvalue weighted by Gasteiger charge is 2.16. The van der Waals surface area contributed by atoms with Gasteiger partial charge in [0.05, 0.1) is 21.2 Å². The SMILES string of the molecule is O=C(O)c1cc(-c2ccc(F)c(Br)c2)nc2ccc3ccccc3c12. The third-order valence-corrected chi connectivity index (χ3v) is 4.75. The quantitative estimate of drug-likeness (QED) is 0.445. The number of benzene rings is 3. The Morgan fingerprint density at radius 1 is 1.04 bits per heavy atom. The van der Waals surface area contributed by atoms with Crippen LogP contribution in [0.2, 0.25) is 0 Å². The van der Waals surface area contributed by atoms with Crippen LogP contribution in [0.4, 0.5) is 4.39 Å². The maximum Gasteiger partial charge on any atom is 0.336 e. The first-order chi connectivity index (χ1) is 12.0. The fourth-order valence-corrected chi connectivity index (χ4v) is 3.36. The number of hydrogen-bond acceptors (Lipinski definition) is 2. The second-order valence-electron chi connectivity index (χ2n) is 5.67. The molecule has 3 nitrogen and oxygen atoms in total. The summed E-state index contributed by atoms with van der Waals surface area (Å²) in [5.41, 5.74) is 1.90. The zero-order chi connectivity index (χ0) is 17.6. The average Bonchev–Trinajstić information content (AvgIpc) is 2.62. The molecule has 5 heteroatoms. The van der Waals surface area contributed by atoms with Crippen molar-refractivity contribution >= 4 is 43.6 Å². The number of hydrogen-bond donors (Lipinski definition) is 1. The lowest BCUT2D eigenvalue weighted by Crippen LogP contribution is -2.01. The number of aromatic nitrogens is 1. The largest absolute Gasteiger partial charge is 0.478 e. The third kappa shape index (κ3) is 2.66. The van der Waals surface area contributed by atoms with Gasteiger partial charge in [0.25, 0.3) is 0 Å². The second-order valence-corrected chi connectivity index (χ2v) is 6.52. The Kier molecular flexibility index (Phi) is 3.73. The highest BCUT2D eigenvalue weighted by Crippen LogP contribution is 2.32. The molecule has 25 heavy (non-hydrogen) atoms. The lowest BCUT2D eigenvalue weighted by Gasteiger charge is -2.10. The summed E-state index contributed by atoms with van der Waals surface area (Å²) in [4.78, 5) is 16.5. The number of carbonyl (C=O) groups is 1. The zero-order valence-corrected chi connectivity index (χ0v) is 14.4. The summed E-state index contributed by atoms with van der Waals surface area (Å²) in [6, 6.07) is 17.4. The van der Waals surface area contributed by atoms with Crippen LogP contribution in [0.5, 0.6) is 0 Å². The first-order valence-electron chi connectivity index (χ1n) is 7.56. The second kappa shape index (κ2) is 5.93. The van der Waals surface area contributed by atoms with Crippen LogP contribution in [0.25, 0.3) is 32.9 Å². The smallest absolute Gasteiger partial charge is 0.336 e. The van der Waals surface area contributed by atoms with Crippen molar-refractivity contribution in [3.05, 3.63) is 76.5 Å². The van der Waals surface area contributed by atoms with E-state index in [1.807, 2.05) is 36.4 Å². The maximum absolute atomic E-state index is 13.5. The van der Waals surface area contributed by atoms with Crippen molar-refractivity contribution in [2.45, 2.75) is 0 Å². The van der Waals surface area contributed by atoms with E-state index >= 15 is 0 Å². The van der Waals surface area contributed by atoms with Gasteiger partial charge in [-0.3, -0.25) is 0 Å². The van der Waals surface area contributed by atoms with Crippen molar-refractivity contribution in [1.29, 1.82) is 0 Å². The number of nitrogens with zero attached hydrogens (tertiary/aromatic N) is 1. The number of carboxylic acid groups (broad SMARTS) is 1. The molecule has 0 aliphatic carbocycles. The molecule has 1 aromatic heterocycles. The van der Waals surface area contributed by atoms with E-state index in [1.165, 1.54) is 12.1 Å². The van der Waals surface area contributed by atoms with Gasteiger partial charge >= 0.3 is 5.97 Å². The number of rotatable bonds is 2. The van der Waals surface area contributed by atoms with Gasteiger partial charge in [-0.1, -0.05) is 30.3 Å². The van der Waals surface area contributed by atoms with Crippen LogP contribution >= 0.6 is 15.9 Å². The van der Waals surface area contributed by atoms with Crippen LogP contribution in [0.15, 0.2) is 65.1 Å². The molecule has 0 unspecified atom stereocenters. The Hall–Kier alpha value is -2.79. The minimum Gasteiger partial charge on any atom is -0.478 e. The van der Waals surface area contributed by atoms with Gasteiger partial charge in [0.2, 0.25) is 0 Å². The Bertz CT molecular complexity index is 1160. The minimum absolute atomic E-state index is 0.178. The van der Waals surface area contributed by atoms with E-state index in [9.17, 15) is 14.3 Å². The number of pyridine rings is 1. The molecular weight excluding hydrogens is 385 g/mol. The van der Waals surface area contributed by atoms with Gasteiger partial charge in [-0.2, -0.15) is 0 Å². The van der Waals surface area contributed by atoms with E-state index in [4.69, 9.17) is 0 Å². The average molecular weight is 396 g/mol. The predicted octanol–water partition coefficient (Wildman–Crippen LogP) is 5.65. The Morgan fingerprint density at radius 3 is 2.60 bits per heavy atom. The predicted molar refractivity (Wildman–Crippen MR) is 99.3 cm³/mol. The van der Waals surface area contributed by atoms with Gasteiger partial charge in [0.15, 0.2) is 0 Å². The van der Waals surface area contributed by atoms with E-state index in [-0.39, 0.29) is 11.4 Å². The number of carboxylic acids is 1. The molecule has 0 aliphatic rings. The molecule has 1 heterocycles. The van der Waals surface area contributed by atoms with E-state index < -0.39 is 5.97 Å². The molecule has 4 rings (SSSR count). The molecule has 0 bridgehead atoms. The fourth-order valence-electron chi connectivity index (χ4n) is 2.98. The first-order valence-corrected chi connectivity index (χ1v) is 8.35. The lowest BCUT2D eigenvalue weighted by molar-refractivity contribution is 0.0699. The molecule has 0 fully saturated rings. The number of fused-ring (bicyclic) bond motifs is 3. The molecule has 0 spiro atoms. The highest BCUT2D eigenvalue weighted by molar-refractivity contribution is 9.10. The molecule has 4 aromatic rings.